The van der Waals surface area contributed by atoms with E-state index >= 15 is 0 Å². The van der Waals surface area contributed by atoms with Gasteiger partial charge in [-0.05, 0) is 0 Å². The molecule has 0 rings (SSSR count). The van der Waals surface area contributed by atoms with E-state index in [-0.39, 0.29) is 0 Å². The lowest BCUT2D eigenvalue weighted by Gasteiger charge is -1.79. The Balaban J connectivity index is -0.0000000362. The lowest BCUT2D eigenvalue weighted by molar-refractivity contribution is 0.772. The Labute approximate surface area is 115 Å². The van der Waals surface area contributed by atoms with E-state index in [1.807, 2.05) is 0 Å². The smallest absolute Gasteiger partial charge is 0.0538 e. The molecular formula is C17H44. The highest BCUT2D eigenvalue weighted by Gasteiger charge is 1.68. The second-order valence-electron chi connectivity index (χ2n) is 4.18. The molecule has 0 heterocycles. The molecule has 0 N–H and O–H groups in total. The minimum absolute atomic E-state index is 1.25. The van der Waals surface area contributed by atoms with Gasteiger partial charge in [0.05, 0.1) is 0 Å². The van der Waals surface area contributed by atoms with Crippen LogP contribution in [0.4, 0.5) is 0 Å². The van der Waals surface area contributed by atoms with E-state index in [4.69, 9.17) is 0 Å². The Morgan fingerprint density at radius 2 is 0.471 bits per heavy atom. The van der Waals surface area contributed by atoms with Crippen molar-refractivity contribution in [3.05, 3.63) is 0 Å². The van der Waals surface area contributed by atoms with Crippen LogP contribution in [0.25, 0.3) is 0 Å². The van der Waals surface area contributed by atoms with E-state index in [9.17, 15) is 0 Å². The van der Waals surface area contributed by atoms with E-state index in [2.05, 4.69) is 69.2 Å². The molecule has 0 aromatic carbocycles. The molecule has 0 aromatic rings. The normalized spacial score (nSPS) is 6.71. The van der Waals surface area contributed by atoms with Crippen LogP contribution in [0.15, 0.2) is 0 Å². The summed E-state index contributed by atoms with van der Waals surface area (Å²) in [6.07, 6.45) is 9.08. The van der Waals surface area contributed by atoms with Gasteiger partial charge < -0.3 is 0 Å². The average molecular weight is 249 g/mol. The van der Waals surface area contributed by atoms with Crippen LogP contribution in [0.3, 0.4) is 0 Å². The largest absolute Gasteiger partial charge is 0.0656 e. The van der Waals surface area contributed by atoms with Crippen molar-refractivity contribution in [2.75, 3.05) is 0 Å². The van der Waals surface area contributed by atoms with Crippen LogP contribution in [0, 0.1) is 0 Å². The standard InChI is InChI=1S/C5H12.4C3H8/c1-3-5-4-2;4*1-3-2/h3-5H2,1-2H3;4*3H2,1-2H3. The fourth-order valence-electron chi connectivity index (χ4n) is 0.354. The molecule has 0 fully saturated rings. The van der Waals surface area contributed by atoms with E-state index in [0.29, 0.717) is 0 Å². The summed E-state index contributed by atoms with van der Waals surface area (Å²) in [5, 5.41) is 0. The molecule has 0 atom stereocenters. The summed E-state index contributed by atoms with van der Waals surface area (Å²) >= 11 is 0. The molecule has 0 heteroatoms. The Hall–Kier alpha value is 0. The molecule has 0 saturated carbocycles. The molecule has 0 aliphatic rings. The first-order chi connectivity index (χ1) is 8.07. The minimum Gasteiger partial charge on any atom is -0.0656 e. The SMILES string of the molecule is CCC.CCC.CCC.CCC.CCCCC. The minimum atomic E-state index is 1.25. The highest BCUT2D eigenvalue weighted by Crippen LogP contribution is 1.88. The van der Waals surface area contributed by atoms with Crippen LogP contribution < -0.4 is 0 Å². The predicted octanol–water partition coefficient (Wildman–Crippen LogP) is 7.86. The van der Waals surface area contributed by atoms with Crippen molar-refractivity contribution < 1.29 is 0 Å². The average Bonchev–Trinajstić information content (AvgIpc) is 2.23. The Morgan fingerprint density at radius 3 is 0.471 bits per heavy atom. The monoisotopic (exact) mass is 248 g/mol. The second kappa shape index (κ2) is 73.5. The van der Waals surface area contributed by atoms with Crippen molar-refractivity contribution in [2.24, 2.45) is 0 Å². The molecule has 0 aliphatic carbocycles. The number of unbranched alkanes of at least 4 members (excludes halogenated alkanes) is 2. The van der Waals surface area contributed by atoms with Gasteiger partial charge in [0.15, 0.2) is 0 Å². The Kier molecular flexibility index (Phi) is 131. The third-order valence-corrected chi connectivity index (χ3v) is 0.707. The second-order valence-corrected chi connectivity index (χ2v) is 4.18. The fraction of sp³-hybridized carbons (Fsp3) is 1.00. The molecule has 0 aliphatic heterocycles. The van der Waals surface area contributed by atoms with Crippen LogP contribution in [0.5, 0.6) is 0 Å². The quantitative estimate of drug-likeness (QED) is 0.466. The van der Waals surface area contributed by atoms with Gasteiger partial charge in [-0.2, -0.15) is 0 Å². The number of hydrogen-bond acceptors (Lipinski definition) is 0. The van der Waals surface area contributed by atoms with Gasteiger partial charge >= 0.3 is 0 Å². The van der Waals surface area contributed by atoms with Crippen LogP contribution in [0.1, 0.15) is 114 Å². The first-order valence-electron chi connectivity index (χ1n) is 8.07. The van der Waals surface area contributed by atoms with Gasteiger partial charge in [-0.25, -0.2) is 0 Å². The van der Waals surface area contributed by atoms with Gasteiger partial charge in [0.25, 0.3) is 0 Å². The third-order valence-electron chi connectivity index (χ3n) is 0.707. The summed E-state index contributed by atoms with van der Waals surface area (Å²) in [7, 11) is 0. The predicted molar refractivity (Wildman–Crippen MR) is 89.1 cm³/mol. The lowest BCUT2D eigenvalue weighted by Crippen LogP contribution is -1.59. The summed E-state index contributed by atoms with van der Waals surface area (Å²) < 4.78 is 0. The first-order valence-corrected chi connectivity index (χ1v) is 8.07. The van der Waals surface area contributed by atoms with E-state index in [0.717, 1.165) is 0 Å². The zero-order valence-electron chi connectivity index (χ0n) is 14.9. The molecule has 0 amide bonds. The molecule has 0 aromatic heterocycles. The van der Waals surface area contributed by atoms with Crippen molar-refractivity contribution in [3.63, 3.8) is 0 Å². The van der Waals surface area contributed by atoms with Crippen molar-refractivity contribution in [3.8, 4) is 0 Å². The van der Waals surface area contributed by atoms with Gasteiger partial charge in [0.1, 0.15) is 0 Å². The van der Waals surface area contributed by atoms with Gasteiger partial charge in [0, 0.05) is 0 Å². The van der Waals surface area contributed by atoms with Crippen molar-refractivity contribution >= 4 is 0 Å². The zero-order chi connectivity index (χ0) is 14.9. The molecule has 112 valence electrons. The molecule has 17 heavy (non-hydrogen) atoms. The molecule has 0 unspecified atom stereocenters. The molecule has 0 saturated heterocycles. The Bertz CT molecular complexity index is 29.3. The first kappa shape index (κ1) is 30.2. The molecule has 0 nitrogen and oxygen atoms in total. The van der Waals surface area contributed by atoms with Crippen molar-refractivity contribution in [1.29, 1.82) is 0 Å². The maximum Gasteiger partial charge on any atom is -0.0538 e. The topological polar surface area (TPSA) is 0 Å². The summed E-state index contributed by atoms with van der Waals surface area (Å²) in [6, 6.07) is 0. The van der Waals surface area contributed by atoms with Gasteiger partial charge in [-0.3, -0.25) is 0 Å². The van der Waals surface area contributed by atoms with E-state index < -0.39 is 0 Å². The fourth-order valence-corrected chi connectivity index (χ4v) is 0.354. The third kappa shape index (κ3) is 784. The van der Waals surface area contributed by atoms with E-state index in [1.165, 1.54) is 44.9 Å². The molecule has 0 radical (unpaired) electrons. The van der Waals surface area contributed by atoms with Gasteiger partial charge in [0.2, 0.25) is 0 Å². The van der Waals surface area contributed by atoms with Crippen LogP contribution in [-0.4, -0.2) is 0 Å². The van der Waals surface area contributed by atoms with Crippen molar-refractivity contribution in [1.82, 2.24) is 0 Å². The number of hydrogen-bond donors (Lipinski definition) is 0. The summed E-state index contributed by atoms with van der Waals surface area (Å²) in [6.45, 7) is 21.4. The van der Waals surface area contributed by atoms with E-state index in [1.54, 1.807) is 0 Å². The highest BCUT2D eigenvalue weighted by atomic mass is 13.7. The summed E-state index contributed by atoms with van der Waals surface area (Å²) in [5.41, 5.74) is 0. The van der Waals surface area contributed by atoms with Crippen LogP contribution in [0.2, 0.25) is 0 Å². The maximum absolute atomic E-state index is 2.21. The van der Waals surface area contributed by atoms with Gasteiger partial charge in [-0.15, -0.1) is 0 Å². The Morgan fingerprint density at radius 1 is 0.353 bits per heavy atom. The maximum atomic E-state index is 2.21. The lowest BCUT2D eigenvalue weighted by atomic mass is 10.3. The van der Waals surface area contributed by atoms with Crippen molar-refractivity contribution in [2.45, 2.75) is 114 Å². The summed E-state index contributed by atoms with van der Waals surface area (Å²) in [4.78, 5) is 0. The van der Waals surface area contributed by atoms with Crippen LogP contribution in [-0.2, 0) is 0 Å². The molecule has 0 spiro atoms. The summed E-state index contributed by atoms with van der Waals surface area (Å²) in [5.74, 6) is 0. The zero-order valence-corrected chi connectivity index (χ0v) is 14.9. The van der Waals surface area contributed by atoms with Crippen LogP contribution >= 0.6 is 0 Å². The highest BCUT2D eigenvalue weighted by molar-refractivity contribution is 4.24. The number of rotatable bonds is 2. The van der Waals surface area contributed by atoms with Gasteiger partial charge in [-0.1, -0.05) is 114 Å². The molecule has 0 bridgehead atoms. The molecular weight excluding hydrogens is 204 g/mol.